The summed E-state index contributed by atoms with van der Waals surface area (Å²) in [6.45, 7) is 0. The molecule has 0 fully saturated rings. The molecule has 0 aliphatic carbocycles. The van der Waals surface area contributed by atoms with Crippen LogP contribution in [0.3, 0.4) is 0 Å². The van der Waals surface area contributed by atoms with Crippen molar-refractivity contribution in [1.29, 1.82) is 0 Å². The summed E-state index contributed by atoms with van der Waals surface area (Å²) in [7, 11) is 0. The van der Waals surface area contributed by atoms with Gasteiger partial charge in [0.05, 0.1) is 6.10 Å². The fourth-order valence-corrected chi connectivity index (χ4v) is 3.76. The number of hydrogen-bond acceptors (Lipinski definition) is 3. The van der Waals surface area contributed by atoms with Gasteiger partial charge in [0.25, 0.3) is 0 Å². The number of hydrogen-bond donors (Lipinski definition) is 1. The average Bonchev–Trinajstić information content (AvgIpc) is 2.77. The van der Waals surface area contributed by atoms with E-state index in [9.17, 15) is 5.11 Å². The van der Waals surface area contributed by atoms with Crippen LogP contribution in [-0.4, -0.2) is 5.11 Å². The maximum Gasteiger partial charge on any atom is 0.136 e. The lowest BCUT2D eigenvalue weighted by molar-refractivity contribution is 0.0674. The first kappa shape index (κ1) is 12.5. The van der Waals surface area contributed by atoms with Crippen LogP contribution in [0.25, 0.3) is 0 Å². The third kappa shape index (κ3) is 2.30. The van der Waals surface area contributed by atoms with Gasteiger partial charge in [-0.05, 0) is 40.2 Å². The predicted molar refractivity (Wildman–Crippen MR) is 76.4 cm³/mol. The molecule has 5 heteroatoms. The highest BCUT2D eigenvalue weighted by Gasteiger charge is 2.29. The molecule has 0 radical (unpaired) electrons. The molecule has 94 valence electrons. The average molecular weight is 346 g/mol. The number of benzene rings is 1. The molecular formula is C13H10BrClO2S. The standard InChI is InChI=1S/C13H10BrClO2S/c14-7-3-13(18-6-7)12-5-10(16)9-4-8(15)1-2-11(9)17-12/h1-4,6,10,12,16H,5H2. The van der Waals surface area contributed by atoms with E-state index in [-0.39, 0.29) is 6.10 Å². The summed E-state index contributed by atoms with van der Waals surface area (Å²) >= 11 is 11.0. The molecule has 0 saturated heterocycles. The first-order valence-electron chi connectivity index (χ1n) is 5.51. The van der Waals surface area contributed by atoms with E-state index in [1.165, 1.54) is 0 Å². The van der Waals surface area contributed by atoms with Gasteiger partial charge in [0, 0.05) is 31.7 Å². The Morgan fingerprint density at radius 3 is 2.94 bits per heavy atom. The minimum atomic E-state index is -0.529. The van der Waals surface area contributed by atoms with Crippen molar-refractivity contribution in [2.45, 2.75) is 18.6 Å². The van der Waals surface area contributed by atoms with Crippen molar-refractivity contribution in [3.05, 3.63) is 49.6 Å². The molecule has 2 heterocycles. The second kappa shape index (κ2) is 4.85. The Kier molecular flexibility index (Phi) is 3.36. The molecular weight excluding hydrogens is 336 g/mol. The van der Waals surface area contributed by atoms with E-state index in [0.717, 1.165) is 14.9 Å². The number of ether oxygens (including phenoxy) is 1. The molecule has 0 saturated carbocycles. The molecule has 0 bridgehead atoms. The van der Waals surface area contributed by atoms with Crippen LogP contribution in [0.2, 0.25) is 5.02 Å². The molecule has 2 nitrogen and oxygen atoms in total. The number of aliphatic hydroxyl groups excluding tert-OH is 1. The van der Waals surface area contributed by atoms with Crippen LogP contribution in [0, 0.1) is 0 Å². The zero-order valence-corrected chi connectivity index (χ0v) is 12.4. The molecule has 2 aromatic rings. The molecule has 2 atom stereocenters. The molecule has 3 rings (SSSR count). The smallest absolute Gasteiger partial charge is 0.136 e. The Morgan fingerprint density at radius 2 is 2.22 bits per heavy atom. The molecule has 0 spiro atoms. The van der Waals surface area contributed by atoms with Crippen LogP contribution in [0.15, 0.2) is 34.1 Å². The Balaban J connectivity index is 1.94. The van der Waals surface area contributed by atoms with E-state index in [0.29, 0.717) is 17.2 Å². The first-order valence-corrected chi connectivity index (χ1v) is 7.56. The topological polar surface area (TPSA) is 29.5 Å². The summed E-state index contributed by atoms with van der Waals surface area (Å²) in [4.78, 5) is 1.11. The van der Waals surface area contributed by atoms with Crippen LogP contribution in [0.4, 0.5) is 0 Å². The summed E-state index contributed by atoms with van der Waals surface area (Å²) in [5, 5.41) is 12.8. The van der Waals surface area contributed by atoms with Crippen LogP contribution < -0.4 is 4.74 Å². The summed E-state index contributed by atoms with van der Waals surface area (Å²) in [5.41, 5.74) is 0.773. The van der Waals surface area contributed by atoms with E-state index in [4.69, 9.17) is 16.3 Å². The van der Waals surface area contributed by atoms with Crippen molar-refractivity contribution in [2.75, 3.05) is 0 Å². The number of fused-ring (bicyclic) bond motifs is 1. The number of rotatable bonds is 1. The Labute approximate surface area is 122 Å². The van der Waals surface area contributed by atoms with E-state index < -0.39 is 6.10 Å². The summed E-state index contributed by atoms with van der Waals surface area (Å²) in [5.74, 6) is 0.715. The third-order valence-electron chi connectivity index (χ3n) is 2.94. The molecule has 2 unspecified atom stereocenters. The monoisotopic (exact) mass is 344 g/mol. The molecule has 1 N–H and O–H groups in total. The normalized spacial score (nSPS) is 22.4. The lowest BCUT2D eigenvalue weighted by Crippen LogP contribution is -2.18. The van der Waals surface area contributed by atoms with E-state index >= 15 is 0 Å². The fourth-order valence-electron chi connectivity index (χ4n) is 2.09. The predicted octanol–water partition coefficient (Wildman–Crippen LogP) is 4.72. The Bertz CT molecular complexity index is 584. The Hall–Kier alpha value is -0.550. The maximum absolute atomic E-state index is 10.2. The molecule has 0 amide bonds. The van der Waals surface area contributed by atoms with Gasteiger partial charge in [-0.15, -0.1) is 11.3 Å². The van der Waals surface area contributed by atoms with Crippen molar-refractivity contribution < 1.29 is 9.84 Å². The van der Waals surface area contributed by atoms with Gasteiger partial charge in [0.15, 0.2) is 0 Å². The van der Waals surface area contributed by atoms with Gasteiger partial charge in [0.1, 0.15) is 11.9 Å². The van der Waals surface area contributed by atoms with Crippen LogP contribution in [0.1, 0.15) is 29.1 Å². The number of thiophene rings is 1. The maximum atomic E-state index is 10.2. The van der Waals surface area contributed by atoms with Gasteiger partial charge in [-0.3, -0.25) is 0 Å². The van der Waals surface area contributed by atoms with Crippen molar-refractivity contribution >= 4 is 38.9 Å². The van der Waals surface area contributed by atoms with Gasteiger partial charge in [-0.2, -0.15) is 0 Å². The number of aliphatic hydroxyl groups is 1. The van der Waals surface area contributed by atoms with E-state index in [1.807, 2.05) is 17.5 Å². The Morgan fingerprint density at radius 1 is 1.39 bits per heavy atom. The lowest BCUT2D eigenvalue weighted by Gasteiger charge is -2.29. The highest BCUT2D eigenvalue weighted by atomic mass is 79.9. The zero-order chi connectivity index (χ0) is 12.7. The summed E-state index contributed by atoms with van der Waals surface area (Å²) in [6, 6.07) is 7.39. The summed E-state index contributed by atoms with van der Waals surface area (Å²) < 4.78 is 6.97. The van der Waals surface area contributed by atoms with Crippen molar-refractivity contribution in [3.8, 4) is 5.75 Å². The van der Waals surface area contributed by atoms with Gasteiger partial charge < -0.3 is 9.84 Å². The zero-order valence-electron chi connectivity index (χ0n) is 9.27. The van der Waals surface area contributed by atoms with Gasteiger partial charge in [0.2, 0.25) is 0 Å². The van der Waals surface area contributed by atoms with Crippen molar-refractivity contribution in [2.24, 2.45) is 0 Å². The highest BCUT2D eigenvalue weighted by molar-refractivity contribution is 9.10. The van der Waals surface area contributed by atoms with Gasteiger partial charge >= 0.3 is 0 Å². The molecule has 18 heavy (non-hydrogen) atoms. The lowest BCUT2D eigenvalue weighted by atomic mass is 9.98. The summed E-state index contributed by atoms with van der Waals surface area (Å²) in [6.07, 6.45) is -0.0661. The first-order chi connectivity index (χ1) is 8.63. The van der Waals surface area contributed by atoms with Crippen LogP contribution >= 0.6 is 38.9 Å². The fraction of sp³-hybridized carbons (Fsp3) is 0.231. The van der Waals surface area contributed by atoms with Gasteiger partial charge in [-0.25, -0.2) is 0 Å². The van der Waals surface area contributed by atoms with Gasteiger partial charge in [-0.1, -0.05) is 11.6 Å². The molecule has 1 aliphatic heterocycles. The quantitative estimate of drug-likeness (QED) is 0.810. The molecule has 1 aromatic carbocycles. The number of halogens is 2. The third-order valence-corrected chi connectivity index (χ3v) is 4.96. The molecule has 1 aromatic heterocycles. The van der Waals surface area contributed by atoms with Crippen LogP contribution in [-0.2, 0) is 0 Å². The minimum Gasteiger partial charge on any atom is -0.484 e. The van der Waals surface area contributed by atoms with Crippen molar-refractivity contribution in [3.63, 3.8) is 0 Å². The second-order valence-corrected chi connectivity index (χ2v) is 6.50. The van der Waals surface area contributed by atoms with E-state index in [2.05, 4.69) is 15.9 Å². The van der Waals surface area contributed by atoms with E-state index in [1.54, 1.807) is 23.5 Å². The second-order valence-electron chi connectivity index (χ2n) is 4.21. The van der Waals surface area contributed by atoms with Crippen LogP contribution in [0.5, 0.6) is 5.75 Å². The molecule has 1 aliphatic rings. The minimum absolute atomic E-state index is 0.0926. The SMILES string of the molecule is OC1CC(c2cc(Br)cs2)Oc2ccc(Cl)cc21. The van der Waals surface area contributed by atoms with Crippen molar-refractivity contribution in [1.82, 2.24) is 0 Å². The largest absolute Gasteiger partial charge is 0.484 e. The highest BCUT2D eigenvalue weighted by Crippen LogP contribution is 2.43.